The Balaban J connectivity index is 3.01. The molecule has 0 aromatic heterocycles. The van der Waals surface area contributed by atoms with Crippen LogP contribution in [-0.4, -0.2) is 12.6 Å². The summed E-state index contributed by atoms with van der Waals surface area (Å²) >= 11 is 0. The van der Waals surface area contributed by atoms with Crippen molar-refractivity contribution in [3.05, 3.63) is 34.4 Å². The summed E-state index contributed by atoms with van der Waals surface area (Å²) in [5.41, 5.74) is 11.1. The standard InChI is InChI=1S/C17H26N2/c1-6-8-15(7-2)19-16(11-18)17-13(4)9-12(3)10-14(17)5/h2,9-10,15-16,19H,6,8,11,18H2,1,3-5H3. The number of nitrogens with one attached hydrogen (secondary N) is 1. The first kappa shape index (κ1) is 15.8. The quantitative estimate of drug-likeness (QED) is 0.770. The second kappa shape index (κ2) is 7.33. The van der Waals surface area contributed by atoms with Gasteiger partial charge in [0.2, 0.25) is 0 Å². The first-order valence-corrected chi connectivity index (χ1v) is 7.03. The maximum absolute atomic E-state index is 5.95. The molecule has 2 unspecified atom stereocenters. The van der Waals surface area contributed by atoms with Crippen LogP contribution in [0.3, 0.4) is 0 Å². The SMILES string of the molecule is C#CC(CCC)NC(CN)c1c(C)cc(C)cc1C. The smallest absolute Gasteiger partial charge is 0.0692 e. The molecule has 2 heteroatoms. The number of benzene rings is 1. The van der Waals surface area contributed by atoms with Gasteiger partial charge in [-0.1, -0.05) is 37.0 Å². The summed E-state index contributed by atoms with van der Waals surface area (Å²) < 4.78 is 0. The van der Waals surface area contributed by atoms with Crippen LogP contribution in [0, 0.1) is 33.1 Å². The number of hydrogen-bond acceptors (Lipinski definition) is 2. The third-order valence-electron chi connectivity index (χ3n) is 3.50. The highest BCUT2D eigenvalue weighted by Gasteiger charge is 2.17. The molecule has 2 atom stereocenters. The molecule has 19 heavy (non-hydrogen) atoms. The van der Waals surface area contributed by atoms with Gasteiger partial charge in [0.15, 0.2) is 0 Å². The molecule has 0 spiro atoms. The van der Waals surface area contributed by atoms with E-state index in [0.717, 1.165) is 12.8 Å². The Hall–Kier alpha value is -1.30. The second-order valence-corrected chi connectivity index (χ2v) is 5.28. The number of aryl methyl sites for hydroxylation is 3. The summed E-state index contributed by atoms with van der Waals surface area (Å²) in [5, 5.41) is 3.51. The van der Waals surface area contributed by atoms with Gasteiger partial charge in [0, 0.05) is 12.6 Å². The Labute approximate surface area is 117 Å². The van der Waals surface area contributed by atoms with Crippen molar-refractivity contribution < 1.29 is 0 Å². The highest BCUT2D eigenvalue weighted by Crippen LogP contribution is 2.23. The van der Waals surface area contributed by atoms with Crippen molar-refractivity contribution in [1.82, 2.24) is 5.32 Å². The summed E-state index contributed by atoms with van der Waals surface area (Å²) in [4.78, 5) is 0. The van der Waals surface area contributed by atoms with Gasteiger partial charge in [0.05, 0.1) is 6.04 Å². The third-order valence-corrected chi connectivity index (χ3v) is 3.50. The van der Waals surface area contributed by atoms with E-state index >= 15 is 0 Å². The van der Waals surface area contributed by atoms with E-state index in [1.54, 1.807) is 0 Å². The van der Waals surface area contributed by atoms with E-state index in [1.807, 2.05) is 0 Å². The van der Waals surface area contributed by atoms with E-state index < -0.39 is 0 Å². The molecule has 104 valence electrons. The first-order valence-electron chi connectivity index (χ1n) is 7.03. The highest BCUT2D eigenvalue weighted by molar-refractivity contribution is 5.40. The lowest BCUT2D eigenvalue weighted by Gasteiger charge is -2.25. The van der Waals surface area contributed by atoms with Gasteiger partial charge in [0.25, 0.3) is 0 Å². The molecule has 0 aliphatic rings. The Morgan fingerprint density at radius 2 is 1.84 bits per heavy atom. The summed E-state index contributed by atoms with van der Waals surface area (Å²) in [6.07, 6.45) is 7.64. The fourth-order valence-corrected chi connectivity index (χ4v) is 2.76. The van der Waals surface area contributed by atoms with Crippen LogP contribution in [0.5, 0.6) is 0 Å². The molecule has 1 aromatic carbocycles. The van der Waals surface area contributed by atoms with Crippen LogP contribution in [0.2, 0.25) is 0 Å². The highest BCUT2D eigenvalue weighted by atomic mass is 15.0. The lowest BCUT2D eigenvalue weighted by molar-refractivity contribution is 0.473. The van der Waals surface area contributed by atoms with Gasteiger partial charge in [-0.2, -0.15) is 0 Å². The number of hydrogen-bond donors (Lipinski definition) is 2. The summed E-state index contributed by atoms with van der Waals surface area (Å²) in [6, 6.07) is 4.64. The largest absolute Gasteiger partial charge is 0.329 e. The van der Waals surface area contributed by atoms with Gasteiger partial charge in [0.1, 0.15) is 0 Å². The van der Waals surface area contributed by atoms with Gasteiger partial charge in [-0.3, -0.25) is 5.32 Å². The molecule has 3 N–H and O–H groups in total. The van der Waals surface area contributed by atoms with Crippen LogP contribution in [0.1, 0.15) is 48.1 Å². The van der Waals surface area contributed by atoms with Crippen molar-refractivity contribution in [2.45, 2.75) is 52.6 Å². The Kier molecular flexibility index (Phi) is 6.08. The topological polar surface area (TPSA) is 38.0 Å². The van der Waals surface area contributed by atoms with Crippen LogP contribution in [0.25, 0.3) is 0 Å². The van der Waals surface area contributed by atoms with Crippen molar-refractivity contribution in [3.8, 4) is 12.3 Å². The van der Waals surface area contributed by atoms with Gasteiger partial charge >= 0.3 is 0 Å². The monoisotopic (exact) mass is 258 g/mol. The van der Waals surface area contributed by atoms with Crippen LogP contribution in [0.4, 0.5) is 0 Å². The maximum Gasteiger partial charge on any atom is 0.0692 e. The zero-order valence-electron chi connectivity index (χ0n) is 12.6. The lowest BCUT2D eigenvalue weighted by atomic mass is 9.93. The summed E-state index contributed by atoms with van der Waals surface area (Å²) in [5.74, 6) is 2.82. The molecule has 0 heterocycles. The van der Waals surface area contributed by atoms with Gasteiger partial charge in [-0.05, 0) is 43.9 Å². The van der Waals surface area contributed by atoms with E-state index in [2.05, 4.69) is 51.1 Å². The molecule has 0 aliphatic carbocycles. The van der Waals surface area contributed by atoms with Crippen molar-refractivity contribution >= 4 is 0 Å². The van der Waals surface area contributed by atoms with E-state index in [1.165, 1.54) is 22.3 Å². The van der Waals surface area contributed by atoms with Crippen LogP contribution in [0.15, 0.2) is 12.1 Å². The average molecular weight is 258 g/mol. The summed E-state index contributed by atoms with van der Waals surface area (Å²) in [7, 11) is 0. The van der Waals surface area contributed by atoms with Crippen LogP contribution < -0.4 is 11.1 Å². The van der Waals surface area contributed by atoms with E-state index in [0.29, 0.717) is 6.54 Å². The molecular formula is C17H26N2. The van der Waals surface area contributed by atoms with Gasteiger partial charge in [-0.15, -0.1) is 6.42 Å². The Bertz CT molecular complexity index is 434. The number of terminal acetylenes is 1. The predicted molar refractivity (Wildman–Crippen MR) is 83.1 cm³/mol. The molecule has 0 amide bonds. The molecule has 1 aromatic rings. The molecule has 1 rings (SSSR count). The Morgan fingerprint density at radius 1 is 1.26 bits per heavy atom. The first-order chi connectivity index (χ1) is 9.03. The normalized spacial score (nSPS) is 13.9. The van der Waals surface area contributed by atoms with Crippen LogP contribution in [-0.2, 0) is 0 Å². The van der Waals surface area contributed by atoms with Crippen molar-refractivity contribution in [1.29, 1.82) is 0 Å². The van der Waals surface area contributed by atoms with Crippen LogP contribution >= 0.6 is 0 Å². The lowest BCUT2D eigenvalue weighted by Crippen LogP contribution is -2.36. The summed E-state index contributed by atoms with van der Waals surface area (Å²) in [6.45, 7) is 9.11. The third kappa shape index (κ3) is 4.09. The predicted octanol–water partition coefficient (Wildman–Crippen LogP) is 3.00. The molecule has 0 bridgehead atoms. The molecular weight excluding hydrogens is 232 g/mol. The van der Waals surface area contributed by atoms with E-state index in [-0.39, 0.29) is 12.1 Å². The van der Waals surface area contributed by atoms with Crippen molar-refractivity contribution in [3.63, 3.8) is 0 Å². The molecule has 0 fully saturated rings. The van der Waals surface area contributed by atoms with Gasteiger partial charge < -0.3 is 5.73 Å². The fourth-order valence-electron chi connectivity index (χ4n) is 2.76. The minimum atomic E-state index is 0.0960. The number of nitrogens with two attached hydrogens (primary N) is 1. The van der Waals surface area contributed by atoms with E-state index in [9.17, 15) is 0 Å². The second-order valence-electron chi connectivity index (χ2n) is 5.28. The maximum atomic E-state index is 5.95. The van der Waals surface area contributed by atoms with Crippen molar-refractivity contribution in [2.24, 2.45) is 5.73 Å². The van der Waals surface area contributed by atoms with E-state index in [4.69, 9.17) is 12.2 Å². The minimum absolute atomic E-state index is 0.0960. The molecule has 2 nitrogen and oxygen atoms in total. The molecule has 0 aliphatic heterocycles. The zero-order valence-corrected chi connectivity index (χ0v) is 12.6. The molecule has 0 saturated heterocycles. The fraction of sp³-hybridized carbons (Fsp3) is 0.529. The van der Waals surface area contributed by atoms with Gasteiger partial charge in [-0.25, -0.2) is 0 Å². The minimum Gasteiger partial charge on any atom is -0.329 e. The average Bonchev–Trinajstić information content (AvgIpc) is 2.35. The van der Waals surface area contributed by atoms with Crippen molar-refractivity contribution in [2.75, 3.05) is 6.54 Å². The molecule has 0 radical (unpaired) electrons. The molecule has 0 saturated carbocycles. The number of rotatable bonds is 6. The Morgan fingerprint density at radius 3 is 2.26 bits per heavy atom. The zero-order chi connectivity index (χ0) is 14.4.